The fourth-order valence-electron chi connectivity index (χ4n) is 2.79. The highest BCUT2D eigenvalue weighted by molar-refractivity contribution is 5.16. The lowest BCUT2D eigenvalue weighted by Gasteiger charge is -2.18. The van der Waals surface area contributed by atoms with Crippen LogP contribution in [0.1, 0.15) is 31.5 Å². The second-order valence-corrected chi connectivity index (χ2v) is 6.30. The molecule has 0 bridgehead atoms. The van der Waals surface area contributed by atoms with E-state index in [0.29, 0.717) is 24.8 Å². The third-order valence-corrected chi connectivity index (χ3v) is 4.17. The van der Waals surface area contributed by atoms with Crippen molar-refractivity contribution >= 4 is 5.82 Å². The number of nitro groups is 1. The van der Waals surface area contributed by atoms with E-state index in [0.717, 1.165) is 58.4 Å². The third kappa shape index (κ3) is 8.92. The van der Waals surface area contributed by atoms with Gasteiger partial charge >= 0.3 is 5.82 Å². The van der Waals surface area contributed by atoms with E-state index in [1.807, 2.05) is 4.57 Å². The molecule has 1 aromatic heterocycles. The van der Waals surface area contributed by atoms with Gasteiger partial charge in [-0.3, -0.25) is 0 Å². The van der Waals surface area contributed by atoms with E-state index >= 15 is 0 Å². The first-order chi connectivity index (χ1) is 12.1. The van der Waals surface area contributed by atoms with E-state index in [1.54, 1.807) is 6.92 Å². The second-order valence-electron chi connectivity index (χ2n) is 6.30. The summed E-state index contributed by atoms with van der Waals surface area (Å²) in [7, 11) is 0. The van der Waals surface area contributed by atoms with Crippen LogP contribution in [0.5, 0.6) is 0 Å². The molecule has 0 fully saturated rings. The Morgan fingerprint density at radius 1 is 1.20 bits per heavy atom. The molecule has 1 heterocycles. The lowest BCUT2D eigenvalue weighted by atomic mass is 10.0. The Balaban J connectivity index is 2.26. The predicted octanol–water partition coefficient (Wildman–Crippen LogP) is 0.373. The monoisotopic (exact) mass is 355 g/mol. The molecule has 25 heavy (non-hydrogen) atoms. The van der Waals surface area contributed by atoms with Crippen molar-refractivity contribution in [2.75, 3.05) is 39.3 Å². The smallest absolute Gasteiger partial charge is 0.358 e. The standard InChI is InChI=1S/C16H33N7O2/c1-14-21-16(23(24)25)13-22(14)10-4-2-3-5-15(11-19-8-6-17)12-20-9-7-18/h13,15,19-20H,2-12,17-18H2,1H3. The summed E-state index contributed by atoms with van der Waals surface area (Å²) in [4.78, 5) is 14.2. The van der Waals surface area contributed by atoms with Crippen LogP contribution in [0, 0.1) is 23.0 Å². The van der Waals surface area contributed by atoms with Crippen molar-refractivity contribution in [3.8, 4) is 0 Å². The van der Waals surface area contributed by atoms with Crippen molar-refractivity contribution in [2.45, 2.75) is 39.2 Å². The highest BCUT2D eigenvalue weighted by Gasteiger charge is 2.14. The van der Waals surface area contributed by atoms with Gasteiger partial charge in [0, 0.05) is 39.6 Å². The molecule has 0 atom stereocenters. The maximum atomic E-state index is 10.7. The highest BCUT2D eigenvalue weighted by atomic mass is 16.6. The molecule has 0 saturated heterocycles. The van der Waals surface area contributed by atoms with Crippen molar-refractivity contribution in [1.29, 1.82) is 0 Å². The van der Waals surface area contributed by atoms with Crippen LogP contribution >= 0.6 is 0 Å². The van der Waals surface area contributed by atoms with Crippen LogP contribution in [0.4, 0.5) is 5.82 Å². The summed E-state index contributed by atoms with van der Waals surface area (Å²) >= 11 is 0. The number of aromatic nitrogens is 2. The first-order valence-corrected chi connectivity index (χ1v) is 9.08. The van der Waals surface area contributed by atoms with Crippen LogP contribution in [-0.4, -0.2) is 53.7 Å². The summed E-state index contributed by atoms with van der Waals surface area (Å²) in [6.07, 6.45) is 5.88. The fourth-order valence-corrected chi connectivity index (χ4v) is 2.79. The van der Waals surface area contributed by atoms with Crippen LogP contribution in [0.15, 0.2) is 6.20 Å². The lowest BCUT2D eigenvalue weighted by molar-refractivity contribution is -0.389. The summed E-state index contributed by atoms with van der Waals surface area (Å²) in [5.41, 5.74) is 11.0. The van der Waals surface area contributed by atoms with Gasteiger partial charge in [-0.2, -0.15) is 0 Å². The van der Waals surface area contributed by atoms with Crippen LogP contribution in [0.3, 0.4) is 0 Å². The molecule has 9 nitrogen and oxygen atoms in total. The van der Waals surface area contributed by atoms with Crippen LogP contribution in [0.2, 0.25) is 0 Å². The summed E-state index contributed by atoms with van der Waals surface area (Å²) < 4.78 is 1.86. The fraction of sp³-hybridized carbons (Fsp3) is 0.812. The third-order valence-electron chi connectivity index (χ3n) is 4.17. The Bertz CT molecular complexity index is 483. The molecule has 1 aromatic rings. The second kappa shape index (κ2) is 12.8. The van der Waals surface area contributed by atoms with Crippen molar-refractivity contribution in [3.05, 3.63) is 22.1 Å². The van der Waals surface area contributed by atoms with Gasteiger partial charge < -0.3 is 36.8 Å². The summed E-state index contributed by atoms with van der Waals surface area (Å²) in [5, 5.41) is 17.5. The minimum absolute atomic E-state index is 0.0745. The zero-order valence-electron chi connectivity index (χ0n) is 15.2. The minimum atomic E-state index is -0.448. The highest BCUT2D eigenvalue weighted by Crippen LogP contribution is 2.13. The molecule has 0 saturated carbocycles. The molecular formula is C16H33N7O2. The quantitative estimate of drug-likeness (QED) is 0.203. The molecule has 0 aliphatic carbocycles. The number of nitrogens with zero attached hydrogens (tertiary/aromatic N) is 3. The number of unbranched alkanes of at least 4 members (excludes halogenated alkanes) is 2. The number of imidazole rings is 1. The van der Waals surface area contributed by atoms with Crippen molar-refractivity contribution in [2.24, 2.45) is 17.4 Å². The number of aryl methyl sites for hydroxylation is 2. The Labute approximate surface area is 149 Å². The van der Waals surface area contributed by atoms with Gasteiger partial charge in [0.15, 0.2) is 0 Å². The molecule has 0 aromatic carbocycles. The number of nitrogens with one attached hydrogen (secondary N) is 2. The van der Waals surface area contributed by atoms with Gasteiger partial charge in [-0.1, -0.05) is 12.8 Å². The van der Waals surface area contributed by atoms with Crippen LogP contribution in [-0.2, 0) is 6.54 Å². The Hall–Kier alpha value is -1.55. The van der Waals surface area contributed by atoms with Crippen LogP contribution < -0.4 is 22.1 Å². The lowest BCUT2D eigenvalue weighted by Crippen LogP contribution is -2.35. The van der Waals surface area contributed by atoms with Crippen molar-refractivity contribution in [3.63, 3.8) is 0 Å². The van der Waals surface area contributed by atoms with Gasteiger partial charge in [0.05, 0.1) is 0 Å². The summed E-state index contributed by atoms with van der Waals surface area (Å²) in [6.45, 7) is 7.48. The Kier molecular flexibility index (Phi) is 11.0. The number of rotatable bonds is 15. The van der Waals surface area contributed by atoms with E-state index in [4.69, 9.17) is 11.5 Å². The molecule has 0 amide bonds. The first kappa shape index (κ1) is 21.5. The number of hydrogen-bond acceptors (Lipinski definition) is 7. The van der Waals surface area contributed by atoms with E-state index in [2.05, 4.69) is 15.6 Å². The minimum Gasteiger partial charge on any atom is -0.358 e. The molecule has 0 aliphatic heterocycles. The van der Waals surface area contributed by atoms with Crippen molar-refractivity contribution < 1.29 is 4.92 Å². The van der Waals surface area contributed by atoms with E-state index in [-0.39, 0.29) is 5.82 Å². The van der Waals surface area contributed by atoms with Crippen molar-refractivity contribution in [1.82, 2.24) is 20.2 Å². The molecule has 9 heteroatoms. The van der Waals surface area contributed by atoms with Gasteiger partial charge in [0.1, 0.15) is 6.20 Å². The maximum Gasteiger partial charge on any atom is 0.381 e. The zero-order valence-corrected chi connectivity index (χ0v) is 15.2. The molecule has 0 unspecified atom stereocenters. The van der Waals surface area contributed by atoms with Crippen LogP contribution in [0.25, 0.3) is 0 Å². The summed E-state index contributed by atoms with van der Waals surface area (Å²) in [5.74, 6) is 1.19. The first-order valence-electron chi connectivity index (χ1n) is 9.08. The topological polar surface area (TPSA) is 137 Å². The van der Waals surface area contributed by atoms with E-state index in [9.17, 15) is 10.1 Å². The SMILES string of the molecule is Cc1nc([N+](=O)[O-])cn1CCCCCC(CNCCN)CNCCN. The Morgan fingerprint density at radius 2 is 1.84 bits per heavy atom. The molecular weight excluding hydrogens is 322 g/mol. The Morgan fingerprint density at radius 3 is 2.36 bits per heavy atom. The van der Waals surface area contributed by atoms with E-state index in [1.165, 1.54) is 6.20 Å². The molecule has 6 N–H and O–H groups in total. The molecule has 144 valence electrons. The zero-order chi connectivity index (χ0) is 18.5. The van der Waals surface area contributed by atoms with Gasteiger partial charge in [-0.25, -0.2) is 0 Å². The number of hydrogen-bond donors (Lipinski definition) is 4. The number of nitrogens with two attached hydrogens (primary N) is 2. The van der Waals surface area contributed by atoms with E-state index < -0.39 is 4.92 Å². The average Bonchev–Trinajstić information content (AvgIpc) is 2.95. The molecule has 0 radical (unpaired) electrons. The van der Waals surface area contributed by atoms with Gasteiger partial charge in [0.2, 0.25) is 5.82 Å². The molecule has 0 spiro atoms. The average molecular weight is 355 g/mol. The van der Waals surface area contributed by atoms with Gasteiger partial charge in [-0.15, -0.1) is 0 Å². The molecule has 1 rings (SSSR count). The van der Waals surface area contributed by atoms with Gasteiger partial charge in [-0.05, 0) is 41.8 Å². The largest absolute Gasteiger partial charge is 0.381 e. The molecule has 0 aliphatic rings. The predicted molar refractivity (Wildman–Crippen MR) is 99.4 cm³/mol. The summed E-state index contributed by atoms with van der Waals surface area (Å²) in [6, 6.07) is 0. The normalized spacial score (nSPS) is 11.4. The van der Waals surface area contributed by atoms with Gasteiger partial charge in [0.25, 0.3) is 0 Å². The maximum absolute atomic E-state index is 10.7.